The number of thiazole rings is 1. The minimum absolute atomic E-state index is 0.0747. The predicted octanol–water partition coefficient (Wildman–Crippen LogP) is 3.11. The van der Waals surface area contributed by atoms with E-state index in [1.165, 1.54) is 23.5 Å². The molecule has 0 aliphatic carbocycles. The largest absolute Gasteiger partial charge is 0.387 e. The molecule has 0 spiro atoms. The number of carbonyl (C=O) groups excluding carboxylic acids is 2. The van der Waals surface area contributed by atoms with Gasteiger partial charge >= 0.3 is 0 Å². The molecular weight excluding hydrogens is 445 g/mol. The van der Waals surface area contributed by atoms with Crippen molar-refractivity contribution in [3.63, 3.8) is 0 Å². The van der Waals surface area contributed by atoms with Crippen LogP contribution in [0.5, 0.6) is 0 Å². The molecule has 0 saturated carbocycles. The van der Waals surface area contributed by atoms with Crippen LogP contribution in [0.15, 0.2) is 36.0 Å². The smallest absolute Gasteiger partial charge is 0.270 e. The van der Waals surface area contributed by atoms with Crippen molar-refractivity contribution in [1.29, 1.82) is 0 Å². The molecule has 2 N–H and O–H groups in total. The number of amides is 2. The molecule has 0 radical (unpaired) electrons. The van der Waals surface area contributed by atoms with Crippen LogP contribution in [-0.4, -0.2) is 62.6 Å². The number of carbonyl (C=O) groups is 2. The molecule has 0 bridgehead atoms. The van der Waals surface area contributed by atoms with Crippen LogP contribution in [0.25, 0.3) is 22.0 Å². The summed E-state index contributed by atoms with van der Waals surface area (Å²) < 4.78 is 15.6. The molecule has 0 atom stereocenters. The zero-order chi connectivity index (χ0) is 23.4. The Bertz CT molecular complexity index is 1120. The Labute approximate surface area is 195 Å². The number of halogens is 1. The number of nitrogens with zero attached hydrogens (tertiary/aromatic N) is 4. The highest BCUT2D eigenvalue weighted by Crippen LogP contribution is 2.37. The Kier molecular flexibility index (Phi) is 7.14. The molecule has 1 aliphatic heterocycles. The van der Waals surface area contributed by atoms with Gasteiger partial charge in [0.15, 0.2) is 0 Å². The van der Waals surface area contributed by atoms with Crippen molar-refractivity contribution >= 4 is 23.2 Å². The molecule has 2 amide bonds. The fourth-order valence-electron chi connectivity index (χ4n) is 3.98. The van der Waals surface area contributed by atoms with E-state index in [0.29, 0.717) is 48.9 Å². The lowest BCUT2D eigenvalue weighted by Gasteiger charge is -2.33. The van der Waals surface area contributed by atoms with Gasteiger partial charge in [-0.3, -0.25) is 9.59 Å². The van der Waals surface area contributed by atoms with Gasteiger partial charge in [-0.1, -0.05) is 6.92 Å². The highest BCUT2D eigenvalue weighted by Gasteiger charge is 2.28. The van der Waals surface area contributed by atoms with Crippen LogP contribution in [-0.2, 0) is 4.79 Å². The van der Waals surface area contributed by atoms with Crippen LogP contribution in [0.1, 0.15) is 42.7 Å². The number of hydrogen-bond donors (Lipinski definition) is 2. The molecule has 4 rings (SSSR count). The van der Waals surface area contributed by atoms with Gasteiger partial charge in [-0.2, -0.15) is 0 Å². The van der Waals surface area contributed by atoms with E-state index in [0.717, 1.165) is 17.7 Å². The monoisotopic (exact) mass is 471 g/mol. The molecular formula is C23H26FN5O3S. The first-order chi connectivity index (χ1) is 16.0. The standard InChI is InChI=1S/C23H26FN5O3S/c1-2-9-25-22(32)18-13-33-23(27-18)21-20(15-3-5-16(24)6-4-15)26-14-29(21)17-7-10-28(11-8-17)19(31)12-30/h3-6,13-14,17,30H,2,7-12H2,1H3,(H,25,32). The second kappa shape index (κ2) is 10.2. The van der Waals surface area contributed by atoms with E-state index in [4.69, 9.17) is 5.11 Å². The summed E-state index contributed by atoms with van der Waals surface area (Å²) in [5, 5.41) is 14.4. The molecule has 10 heteroatoms. The number of likely N-dealkylation sites (tertiary alicyclic amines) is 1. The molecule has 3 aromatic rings. The number of aliphatic hydroxyl groups excluding tert-OH is 1. The lowest BCUT2D eigenvalue weighted by molar-refractivity contribution is -0.135. The highest BCUT2D eigenvalue weighted by atomic mass is 32.1. The summed E-state index contributed by atoms with van der Waals surface area (Å²) >= 11 is 1.36. The van der Waals surface area contributed by atoms with Gasteiger partial charge in [-0.15, -0.1) is 11.3 Å². The molecule has 174 valence electrons. The maximum Gasteiger partial charge on any atom is 0.270 e. The molecule has 2 aromatic heterocycles. The molecule has 33 heavy (non-hydrogen) atoms. The van der Waals surface area contributed by atoms with Crippen LogP contribution < -0.4 is 5.32 Å². The minimum atomic E-state index is -0.488. The minimum Gasteiger partial charge on any atom is -0.387 e. The summed E-state index contributed by atoms with van der Waals surface area (Å²) in [6.07, 6.45) is 3.99. The number of imidazole rings is 1. The molecule has 1 saturated heterocycles. The normalized spacial score (nSPS) is 14.5. The third-order valence-electron chi connectivity index (χ3n) is 5.73. The zero-order valence-electron chi connectivity index (χ0n) is 18.3. The quantitative estimate of drug-likeness (QED) is 0.552. The van der Waals surface area contributed by atoms with E-state index in [9.17, 15) is 14.0 Å². The molecule has 8 nitrogen and oxygen atoms in total. The van der Waals surface area contributed by atoms with E-state index in [-0.39, 0.29) is 23.7 Å². The second-order valence-corrected chi connectivity index (χ2v) is 8.78. The molecule has 1 aromatic carbocycles. The fraction of sp³-hybridized carbons (Fsp3) is 0.391. The SMILES string of the molecule is CCCNC(=O)c1csc(-c2c(-c3ccc(F)cc3)ncn2C2CCN(C(=O)CO)CC2)n1. The van der Waals surface area contributed by atoms with Crippen LogP contribution in [0.2, 0.25) is 0 Å². The number of aromatic nitrogens is 3. The lowest BCUT2D eigenvalue weighted by Crippen LogP contribution is -2.40. The number of aliphatic hydroxyl groups is 1. The molecule has 1 fully saturated rings. The van der Waals surface area contributed by atoms with E-state index in [2.05, 4.69) is 15.3 Å². The Morgan fingerprint density at radius 1 is 1.24 bits per heavy atom. The summed E-state index contributed by atoms with van der Waals surface area (Å²) in [5.41, 5.74) is 2.54. The van der Waals surface area contributed by atoms with Crippen LogP contribution >= 0.6 is 11.3 Å². The zero-order valence-corrected chi connectivity index (χ0v) is 19.1. The van der Waals surface area contributed by atoms with E-state index >= 15 is 0 Å². The summed E-state index contributed by atoms with van der Waals surface area (Å²) in [6.45, 7) is 3.15. The highest BCUT2D eigenvalue weighted by molar-refractivity contribution is 7.13. The number of rotatable bonds is 7. The van der Waals surface area contributed by atoms with Crippen molar-refractivity contribution in [3.8, 4) is 22.0 Å². The van der Waals surface area contributed by atoms with Gasteiger partial charge in [0.25, 0.3) is 5.91 Å². The number of benzene rings is 1. The van der Waals surface area contributed by atoms with Crippen molar-refractivity contribution in [2.75, 3.05) is 26.2 Å². The van der Waals surface area contributed by atoms with Crippen LogP contribution in [0, 0.1) is 5.82 Å². The summed E-state index contributed by atoms with van der Waals surface area (Å²) in [4.78, 5) is 35.1. The summed E-state index contributed by atoms with van der Waals surface area (Å²) in [6, 6.07) is 6.21. The summed E-state index contributed by atoms with van der Waals surface area (Å²) in [5.74, 6) is -0.816. The van der Waals surface area contributed by atoms with E-state index in [1.54, 1.807) is 28.7 Å². The van der Waals surface area contributed by atoms with Crippen molar-refractivity contribution in [2.45, 2.75) is 32.2 Å². The average Bonchev–Trinajstić information content (AvgIpc) is 3.50. The Balaban J connectivity index is 1.69. The van der Waals surface area contributed by atoms with Crippen LogP contribution in [0.4, 0.5) is 4.39 Å². The number of piperidine rings is 1. The summed E-state index contributed by atoms with van der Waals surface area (Å²) in [7, 11) is 0. The fourth-order valence-corrected chi connectivity index (χ4v) is 4.83. The van der Waals surface area contributed by atoms with Gasteiger partial charge in [0.2, 0.25) is 5.91 Å². The van der Waals surface area contributed by atoms with Crippen LogP contribution in [0.3, 0.4) is 0 Å². The van der Waals surface area contributed by atoms with Gasteiger partial charge in [-0.05, 0) is 43.5 Å². The predicted molar refractivity (Wildman–Crippen MR) is 123 cm³/mol. The van der Waals surface area contributed by atoms with Gasteiger partial charge in [0.1, 0.15) is 28.8 Å². The molecule has 1 aliphatic rings. The Hall–Kier alpha value is -3.11. The van der Waals surface area contributed by atoms with Crippen molar-refractivity contribution in [2.24, 2.45) is 0 Å². The Morgan fingerprint density at radius 3 is 2.64 bits per heavy atom. The van der Waals surface area contributed by atoms with Crippen molar-refractivity contribution < 1.29 is 19.1 Å². The third-order valence-corrected chi connectivity index (χ3v) is 6.58. The lowest BCUT2D eigenvalue weighted by atomic mass is 10.0. The Morgan fingerprint density at radius 2 is 1.97 bits per heavy atom. The maximum atomic E-state index is 13.5. The van der Waals surface area contributed by atoms with E-state index < -0.39 is 6.61 Å². The van der Waals surface area contributed by atoms with Crippen molar-refractivity contribution in [1.82, 2.24) is 24.8 Å². The number of hydrogen-bond acceptors (Lipinski definition) is 6. The topological polar surface area (TPSA) is 100 Å². The van der Waals surface area contributed by atoms with E-state index in [1.807, 2.05) is 11.5 Å². The first-order valence-corrected chi connectivity index (χ1v) is 11.8. The molecule has 0 unspecified atom stereocenters. The van der Waals surface area contributed by atoms with Gasteiger partial charge in [0, 0.05) is 36.6 Å². The van der Waals surface area contributed by atoms with Gasteiger partial charge < -0.3 is 19.9 Å². The first kappa shape index (κ1) is 23.1. The first-order valence-electron chi connectivity index (χ1n) is 11.0. The average molecular weight is 472 g/mol. The van der Waals surface area contributed by atoms with Crippen molar-refractivity contribution in [3.05, 3.63) is 47.5 Å². The van der Waals surface area contributed by atoms with Gasteiger partial charge in [0.05, 0.1) is 12.0 Å². The second-order valence-electron chi connectivity index (χ2n) is 7.92. The maximum absolute atomic E-state index is 13.5. The molecule has 3 heterocycles. The third kappa shape index (κ3) is 4.96. The van der Waals surface area contributed by atoms with Gasteiger partial charge in [-0.25, -0.2) is 14.4 Å². The number of nitrogens with one attached hydrogen (secondary N) is 1.